The summed E-state index contributed by atoms with van der Waals surface area (Å²) in [6.07, 6.45) is 0.404. The molecule has 2 aromatic carbocycles. The number of alkyl carbamates (subject to hydrolysis) is 1. The molecule has 1 fully saturated rings. The number of rotatable bonds is 8. The molecule has 206 valence electrons. The molecule has 7 nitrogen and oxygen atoms in total. The number of benzene rings is 2. The van der Waals surface area contributed by atoms with Gasteiger partial charge in [-0.3, -0.25) is 9.59 Å². The van der Waals surface area contributed by atoms with E-state index in [1.54, 1.807) is 25.7 Å². The molecule has 2 aromatic rings. The number of carbonyl (C=O) groups is 3. The maximum atomic E-state index is 14.4. The first-order chi connectivity index (χ1) is 17.6. The third-order valence-electron chi connectivity index (χ3n) is 6.37. The molecule has 4 unspecified atom stereocenters. The van der Waals surface area contributed by atoms with Crippen LogP contribution in [0.3, 0.4) is 0 Å². The van der Waals surface area contributed by atoms with Gasteiger partial charge in [0.2, 0.25) is 11.8 Å². The smallest absolute Gasteiger partial charge is 0.408 e. The minimum atomic E-state index is -0.907. The summed E-state index contributed by atoms with van der Waals surface area (Å²) in [5.74, 6) is -0.304. The largest absolute Gasteiger partial charge is 0.444 e. The monoisotopic (exact) mass is 521 g/mol. The van der Waals surface area contributed by atoms with Gasteiger partial charge in [0.25, 0.3) is 0 Å². The molecule has 1 saturated carbocycles. The van der Waals surface area contributed by atoms with Crippen LogP contribution in [0, 0.1) is 12.8 Å². The van der Waals surface area contributed by atoms with Crippen molar-refractivity contribution in [2.45, 2.75) is 97.5 Å². The Morgan fingerprint density at radius 3 is 2.05 bits per heavy atom. The zero-order chi connectivity index (χ0) is 28.3. The van der Waals surface area contributed by atoms with Crippen LogP contribution in [-0.4, -0.2) is 46.0 Å². The molecule has 0 spiro atoms. The van der Waals surface area contributed by atoms with Crippen LogP contribution in [-0.2, 0) is 20.7 Å². The van der Waals surface area contributed by atoms with E-state index < -0.39 is 29.3 Å². The zero-order valence-electron chi connectivity index (χ0n) is 24.0. The second-order valence-electron chi connectivity index (χ2n) is 12.5. The summed E-state index contributed by atoms with van der Waals surface area (Å²) in [5, 5.41) is 5.90. The van der Waals surface area contributed by atoms with Gasteiger partial charge in [-0.05, 0) is 71.9 Å². The summed E-state index contributed by atoms with van der Waals surface area (Å²) in [7, 11) is 0. The second kappa shape index (κ2) is 11.6. The van der Waals surface area contributed by atoms with Gasteiger partial charge in [0.15, 0.2) is 0 Å². The third-order valence-corrected chi connectivity index (χ3v) is 6.37. The number of nitrogens with one attached hydrogen (secondary N) is 2. The average Bonchev–Trinajstić information content (AvgIpc) is 3.51. The van der Waals surface area contributed by atoms with Crippen molar-refractivity contribution < 1.29 is 19.1 Å². The average molecular weight is 522 g/mol. The van der Waals surface area contributed by atoms with Crippen molar-refractivity contribution in [3.63, 3.8) is 0 Å². The molecule has 0 bridgehead atoms. The zero-order valence-corrected chi connectivity index (χ0v) is 24.0. The lowest BCUT2D eigenvalue weighted by atomic mass is 9.98. The van der Waals surface area contributed by atoms with Crippen LogP contribution in [0.1, 0.15) is 77.6 Å². The molecule has 38 heavy (non-hydrogen) atoms. The van der Waals surface area contributed by atoms with Gasteiger partial charge in [0.05, 0.1) is 0 Å². The third kappa shape index (κ3) is 8.33. The van der Waals surface area contributed by atoms with Gasteiger partial charge >= 0.3 is 6.09 Å². The standard InChI is InChI=1S/C31H43N3O4/c1-20-14-16-23(17-15-20)26(27(35)33-30(3,4)5)34(25-18-21(25)2)28(36)24(19-22-12-10-9-11-13-22)32-29(37)38-31(6,7)8/h9-17,21,24-26H,18-19H2,1-8H3,(H,32,37)(H,33,35). The quantitative estimate of drug-likeness (QED) is 0.492. The predicted octanol–water partition coefficient (Wildman–Crippen LogP) is 5.32. The molecule has 3 rings (SSSR count). The van der Waals surface area contributed by atoms with Crippen molar-refractivity contribution in [2.24, 2.45) is 5.92 Å². The highest BCUT2D eigenvalue weighted by molar-refractivity contribution is 5.93. The normalized spacial score (nSPS) is 18.6. The van der Waals surface area contributed by atoms with Crippen LogP contribution in [0.4, 0.5) is 4.79 Å². The maximum Gasteiger partial charge on any atom is 0.408 e. The molecule has 0 saturated heterocycles. The number of ether oxygens (including phenoxy) is 1. The number of aryl methyl sites for hydroxylation is 1. The predicted molar refractivity (Wildman–Crippen MR) is 150 cm³/mol. The summed E-state index contributed by atoms with van der Waals surface area (Å²) in [5.41, 5.74) is 1.50. The van der Waals surface area contributed by atoms with E-state index in [4.69, 9.17) is 4.74 Å². The molecule has 7 heteroatoms. The van der Waals surface area contributed by atoms with Gasteiger partial charge in [-0.25, -0.2) is 4.79 Å². The number of nitrogens with zero attached hydrogens (tertiary/aromatic N) is 1. The Morgan fingerprint density at radius 2 is 1.55 bits per heavy atom. The van der Waals surface area contributed by atoms with Crippen LogP contribution in [0.2, 0.25) is 0 Å². The van der Waals surface area contributed by atoms with Crippen molar-refractivity contribution >= 4 is 17.9 Å². The van der Waals surface area contributed by atoms with Crippen LogP contribution >= 0.6 is 0 Å². The van der Waals surface area contributed by atoms with Crippen molar-refractivity contribution in [1.82, 2.24) is 15.5 Å². The van der Waals surface area contributed by atoms with Gasteiger partial charge in [0.1, 0.15) is 17.7 Å². The Hall–Kier alpha value is -3.35. The molecule has 0 aromatic heterocycles. The fourth-order valence-electron chi connectivity index (χ4n) is 4.48. The topological polar surface area (TPSA) is 87.7 Å². The number of carbonyl (C=O) groups excluding carboxylic acids is 3. The molecule has 0 heterocycles. The summed E-state index contributed by atoms with van der Waals surface area (Å²) >= 11 is 0. The highest BCUT2D eigenvalue weighted by atomic mass is 16.6. The fourth-order valence-corrected chi connectivity index (χ4v) is 4.48. The van der Waals surface area contributed by atoms with Gasteiger partial charge in [-0.15, -0.1) is 0 Å². The van der Waals surface area contributed by atoms with Gasteiger partial charge < -0.3 is 20.3 Å². The summed E-state index contributed by atoms with van der Waals surface area (Å²) in [6.45, 7) is 15.2. The Morgan fingerprint density at radius 1 is 0.974 bits per heavy atom. The lowest BCUT2D eigenvalue weighted by Gasteiger charge is -2.36. The molecule has 4 atom stereocenters. The summed E-state index contributed by atoms with van der Waals surface area (Å²) in [6, 6.07) is 15.4. The lowest BCUT2D eigenvalue weighted by molar-refractivity contribution is -0.144. The van der Waals surface area contributed by atoms with E-state index in [1.165, 1.54) is 0 Å². The Kier molecular flexibility index (Phi) is 8.90. The van der Waals surface area contributed by atoms with E-state index in [9.17, 15) is 14.4 Å². The van der Waals surface area contributed by atoms with E-state index in [0.29, 0.717) is 0 Å². The first-order valence-corrected chi connectivity index (χ1v) is 13.4. The van der Waals surface area contributed by atoms with Crippen LogP contribution in [0.25, 0.3) is 0 Å². The molecule has 1 aliphatic carbocycles. The molecular weight excluding hydrogens is 478 g/mol. The Balaban J connectivity index is 2.04. The van der Waals surface area contributed by atoms with Crippen LogP contribution in [0.15, 0.2) is 54.6 Å². The molecule has 3 amide bonds. The molecule has 2 N–H and O–H groups in total. The highest BCUT2D eigenvalue weighted by Gasteiger charge is 2.48. The number of hydrogen-bond donors (Lipinski definition) is 2. The van der Waals surface area contributed by atoms with Gasteiger partial charge in [0, 0.05) is 18.0 Å². The van der Waals surface area contributed by atoms with E-state index in [1.807, 2.05) is 82.3 Å². The first-order valence-electron chi connectivity index (χ1n) is 13.4. The van der Waals surface area contributed by atoms with Crippen molar-refractivity contribution in [3.8, 4) is 0 Å². The summed E-state index contributed by atoms with van der Waals surface area (Å²) in [4.78, 5) is 42.8. The van der Waals surface area contributed by atoms with E-state index >= 15 is 0 Å². The fraction of sp³-hybridized carbons (Fsp3) is 0.516. The molecule has 0 aliphatic heterocycles. The second-order valence-corrected chi connectivity index (χ2v) is 12.5. The van der Waals surface area contributed by atoms with Crippen molar-refractivity contribution in [3.05, 3.63) is 71.3 Å². The van der Waals surface area contributed by atoms with Crippen molar-refractivity contribution in [2.75, 3.05) is 0 Å². The molecule has 1 aliphatic rings. The van der Waals surface area contributed by atoms with E-state index in [-0.39, 0.29) is 30.2 Å². The van der Waals surface area contributed by atoms with Gasteiger partial charge in [-0.1, -0.05) is 67.1 Å². The van der Waals surface area contributed by atoms with Crippen molar-refractivity contribution in [1.29, 1.82) is 0 Å². The van der Waals surface area contributed by atoms with E-state index in [2.05, 4.69) is 17.6 Å². The molecular formula is C31H43N3O4. The maximum absolute atomic E-state index is 14.4. The minimum absolute atomic E-state index is 0.113. The molecule has 0 radical (unpaired) electrons. The van der Waals surface area contributed by atoms with Crippen LogP contribution < -0.4 is 10.6 Å². The lowest BCUT2D eigenvalue weighted by Crippen LogP contribution is -2.56. The number of amides is 3. The minimum Gasteiger partial charge on any atom is -0.444 e. The van der Waals surface area contributed by atoms with Gasteiger partial charge in [-0.2, -0.15) is 0 Å². The van der Waals surface area contributed by atoms with Crippen LogP contribution in [0.5, 0.6) is 0 Å². The SMILES string of the molecule is Cc1ccc(C(C(=O)NC(C)(C)C)N(C(=O)C(Cc2ccccc2)NC(=O)OC(C)(C)C)C2CC2C)cc1. The first kappa shape index (κ1) is 29.2. The Bertz CT molecular complexity index is 1120. The number of hydrogen-bond acceptors (Lipinski definition) is 4. The van der Waals surface area contributed by atoms with E-state index in [0.717, 1.165) is 23.1 Å². The Labute approximate surface area is 227 Å². The highest BCUT2D eigenvalue weighted by Crippen LogP contribution is 2.41. The summed E-state index contributed by atoms with van der Waals surface area (Å²) < 4.78 is 5.50.